The van der Waals surface area contributed by atoms with Crippen molar-refractivity contribution in [3.63, 3.8) is 0 Å². The molecule has 0 radical (unpaired) electrons. The van der Waals surface area contributed by atoms with Crippen LogP contribution in [-0.2, 0) is 9.53 Å². The van der Waals surface area contributed by atoms with E-state index in [4.69, 9.17) is 9.47 Å². The molecule has 1 aliphatic rings. The van der Waals surface area contributed by atoms with Crippen molar-refractivity contribution in [2.75, 3.05) is 0 Å². The van der Waals surface area contributed by atoms with Gasteiger partial charge in [0, 0.05) is 11.5 Å². The minimum absolute atomic E-state index is 0.0259. The van der Waals surface area contributed by atoms with Crippen LogP contribution in [0.15, 0.2) is 66.9 Å². The Morgan fingerprint density at radius 2 is 2.00 bits per heavy atom. The number of nitrogens with zero attached hydrogens (tertiary/aromatic N) is 1. The third-order valence-electron chi connectivity index (χ3n) is 5.04. The highest BCUT2D eigenvalue weighted by Gasteiger charge is 2.61. The van der Waals surface area contributed by atoms with Crippen LogP contribution in [0.3, 0.4) is 0 Å². The predicted octanol–water partition coefficient (Wildman–Crippen LogP) is 5.34. The summed E-state index contributed by atoms with van der Waals surface area (Å²) in [5.74, 6) is -1.01. The Hall–Kier alpha value is -3.35. The van der Waals surface area contributed by atoms with Crippen LogP contribution in [0.4, 0.5) is 4.39 Å². The van der Waals surface area contributed by atoms with Crippen LogP contribution in [0.25, 0.3) is 0 Å². The van der Waals surface area contributed by atoms with Crippen LogP contribution < -0.4 is 4.74 Å². The number of hydrogen-bond acceptors (Lipinski definition) is 4. The molecule has 2 aromatic rings. The third kappa shape index (κ3) is 3.83. The number of benzene rings is 2. The largest absolute Gasteiger partial charge is 0.454 e. The van der Waals surface area contributed by atoms with E-state index in [2.05, 4.69) is 12.3 Å². The van der Waals surface area contributed by atoms with Crippen LogP contribution >= 0.6 is 0 Å². The van der Waals surface area contributed by atoms with E-state index >= 15 is 0 Å². The molecule has 0 amide bonds. The zero-order valence-electron chi connectivity index (χ0n) is 15.7. The van der Waals surface area contributed by atoms with Gasteiger partial charge in [-0.25, -0.2) is 4.39 Å². The highest BCUT2D eigenvalue weighted by molar-refractivity contribution is 5.78. The van der Waals surface area contributed by atoms with E-state index in [1.807, 2.05) is 26.0 Å². The molecule has 0 saturated heterocycles. The molecule has 0 bridgehead atoms. The molecule has 0 aromatic heterocycles. The molecule has 0 spiro atoms. The van der Waals surface area contributed by atoms with Gasteiger partial charge < -0.3 is 9.47 Å². The number of carbonyl (C=O) groups excluding carboxylic acids is 1. The lowest BCUT2D eigenvalue weighted by Gasteiger charge is -2.14. The summed E-state index contributed by atoms with van der Waals surface area (Å²) in [6, 6.07) is 14.7. The fraction of sp³-hybridized carbons (Fsp3) is 0.261. The quantitative estimate of drug-likeness (QED) is 0.504. The number of ether oxygens (including phenoxy) is 2. The summed E-state index contributed by atoms with van der Waals surface area (Å²) < 4.78 is 25.1. The molecular formula is C23H20FNO3. The maximum absolute atomic E-state index is 14.1. The van der Waals surface area contributed by atoms with Gasteiger partial charge in [-0.2, -0.15) is 5.26 Å². The van der Waals surface area contributed by atoms with E-state index in [0.29, 0.717) is 11.3 Å². The summed E-state index contributed by atoms with van der Waals surface area (Å²) in [5.41, 5.74) is 2.77. The monoisotopic (exact) mass is 377 g/mol. The second-order valence-corrected chi connectivity index (χ2v) is 7.25. The molecule has 1 aliphatic carbocycles. The van der Waals surface area contributed by atoms with Crippen LogP contribution in [0.2, 0.25) is 0 Å². The SMILES string of the molecule is C=C=C[C@@H]1[C@@H](C(=O)O[C@H](C#N)c2ccc(F)c(Oc3ccccc3)c2)C1(C)C. The fourth-order valence-electron chi connectivity index (χ4n) is 3.30. The van der Waals surface area contributed by atoms with Gasteiger partial charge in [-0.15, -0.1) is 5.73 Å². The first kappa shape index (κ1) is 19.4. The van der Waals surface area contributed by atoms with Crippen molar-refractivity contribution < 1.29 is 18.7 Å². The number of para-hydroxylation sites is 1. The van der Waals surface area contributed by atoms with Crippen LogP contribution in [0, 0.1) is 34.4 Å². The van der Waals surface area contributed by atoms with Gasteiger partial charge in [-0.05, 0) is 35.8 Å². The number of carbonyl (C=O) groups is 1. The van der Waals surface area contributed by atoms with Crippen molar-refractivity contribution in [1.29, 1.82) is 5.26 Å². The minimum atomic E-state index is -1.16. The molecule has 3 atom stereocenters. The van der Waals surface area contributed by atoms with E-state index in [9.17, 15) is 14.4 Å². The van der Waals surface area contributed by atoms with Gasteiger partial charge in [0.25, 0.3) is 0 Å². The minimum Gasteiger partial charge on any atom is -0.454 e. The molecule has 0 heterocycles. The smallest absolute Gasteiger partial charge is 0.311 e. The third-order valence-corrected chi connectivity index (χ3v) is 5.04. The van der Waals surface area contributed by atoms with E-state index in [1.54, 1.807) is 30.3 Å². The zero-order chi connectivity index (χ0) is 20.3. The van der Waals surface area contributed by atoms with Crippen LogP contribution in [0.1, 0.15) is 25.5 Å². The number of nitriles is 1. The molecule has 142 valence electrons. The predicted molar refractivity (Wildman–Crippen MR) is 102 cm³/mol. The second kappa shape index (κ2) is 7.72. The standard InChI is InChI=1S/C23H20FNO3/c1-4-8-17-21(23(17,2)3)22(26)28-20(14-25)15-11-12-18(24)19(13-15)27-16-9-6-5-7-10-16/h5-13,17,20-21H,1H2,2-3H3/t17-,20-,21+/m1/s1. The Kier molecular flexibility index (Phi) is 5.35. The molecule has 0 unspecified atom stereocenters. The normalized spacial score (nSPS) is 20.2. The first-order valence-electron chi connectivity index (χ1n) is 8.87. The number of allylic oxidation sites excluding steroid dienone is 1. The summed E-state index contributed by atoms with van der Waals surface area (Å²) in [4.78, 5) is 12.5. The van der Waals surface area contributed by atoms with Crippen molar-refractivity contribution >= 4 is 5.97 Å². The first-order valence-corrected chi connectivity index (χ1v) is 8.87. The highest BCUT2D eigenvalue weighted by atomic mass is 19.1. The van der Waals surface area contributed by atoms with E-state index in [0.717, 1.165) is 0 Å². The highest BCUT2D eigenvalue weighted by Crippen LogP contribution is 2.59. The number of esters is 1. The Balaban J connectivity index is 1.78. The Labute approximate surface area is 163 Å². The number of hydrogen-bond donors (Lipinski definition) is 0. The van der Waals surface area contributed by atoms with E-state index in [1.165, 1.54) is 18.2 Å². The molecule has 1 saturated carbocycles. The van der Waals surface area contributed by atoms with Crippen LogP contribution in [-0.4, -0.2) is 5.97 Å². The molecule has 0 aliphatic heterocycles. The fourth-order valence-corrected chi connectivity index (χ4v) is 3.30. The topological polar surface area (TPSA) is 59.3 Å². The lowest BCUT2D eigenvalue weighted by atomic mass is 10.1. The lowest BCUT2D eigenvalue weighted by Crippen LogP contribution is -2.14. The van der Waals surface area contributed by atoms with Crippen molar-refractivity contribution in [2.45, 2.75) is 20.0 Å². The maximum Gasteiger partial charge on any atom is 0.311 e. The summed E-state index contributed by atoms with van der Waals surface area (Å²) in [7, 11) is 0. The van der Waals surface area contributed by atoms with Crippen molar-refractivity contribution in [1.82, 2.24) is 0 Å². The summed E-state index contributed by atoms with van der Waals surface area (Å²) >= 11 is 0. The van der Waals surface area contributed by atoms with Crippen molar-refractivity contribution in [3.05, 3.63) is 78.3 Å². The first-order chi connectivity index (χ1) is 13.4. The number of rotatable bonds is 6. The zero-order valence-corrected chi connectivity index (χ0v) is 15.7. The summed E-state index contributed by atoms with van der Waals surface area (Å²) in [6.45, 7) is 7.44. The molecule has 0 N–H and O–H groups in total. The Morgan fingerprint density at radius 1 is 1.29 bits per heavy atom. The molecule has 4 nitrogen and oxygen atoms in total. The summed E-state index contributed by atoms with van der Waals surface area (Å²) in [6.07, 6.45) is 0.591. The molecule has 2 aromatic carbocycles. The van der Waals surface area contributed by atoms with Crippen LogP contribution in [0.5, 0.6) is 11.5 Å². The van der Waals surface area contributed by atoms with Gasteiger partial charge in [0.15, 0.2) is 11.6 Å². The lowest BCUT2D eigenvalue weighted by molar-refractivity contribution is -0.149. The van der Waals surface area contributed by atoms with E-state index < -0.39 is 17.9 Å². The number of halogens is 1. The van der Waals surface area contributed by atoms with Crippen molar-refractivity contribution in [3.8, 4) is 17.6 Å². The Morgan fingerprint density at radius 3 is 2.64 bits per heavy atom. The van der Waals surface area contributed by atoms with Gasteiger partial charge in [-0.3, -0.25) is 4.79 Å². The van der Waals surface area contributed by atoms with Gasteiger partial charge in [0.1, 0.15) is 11.8 Å². The maximum atomic E-state index is 14.1. The van der Waals surface area contributed by atoms with Gasteiger partial charge >= 0.3 is 5.97 Å². The molecule has 5 heteroatoms. The average molecular weight is 377 g/mol. The summed E-state index contributed by atoms with van der Waals surface area (Å²) in [5, 5.41) is 9.49. The molecule has 28 heavy (non-hydrogen) atoms. The molecule has 1 fully saturated rings. The van der Waals surface area contributed by atoms with Crippen molar-refractivity contribution in [2.24, 2.45) is 17.3 Å². The Bertz CT molecular complexity index is 971. The molecule has 3 rings (SSSR count). The van der Waals surface area contributed by atoms with E-state index in [-0.39, 0.29) is 23.0 Å². The second-order valence-electron chi connectivity index (χ2n) is 7.25. The average Bonchev–Trinajstić information content (AvgIpc) is 3.23. The van der Waals surface area contributed by atoms with Gasteiger partial charge in [-0.1, -0.05) is 44.7 Å². The van der Waals surface area contributed by atoms with Gasteiger partial charge in [0.2, 0.25) is 6.10 Å². The van der Waals surface area contributed by atoms with Gasteiger partial charge in [0.05, 0.1) is 5.92 Å². The molecular weight excluding hydrogens is 357 g/mol.